The monoisotopic (exact) mass is 366 g/mol. The molecule has 2 amide bonds. The van der Waals surface area contributed by atoms with Gasteiger partial charge < -0.3 is 24.1 Å². The Bertz CT molecular complexity index is 952. The molecular formula is C20H22N4O3. The zero-order valence-electron chi connectivity index (χ0n) is 15.2. The Labute approximate surface area is 157 Å². The lowest BCUT2D eigenvalue weighted by Crippen LogP contribution is -2.51. The molecule has 4 rings (SSSR count). The Morgan fingerprint density at radius 2 is 1.81 bits per heavy atom. The minimum absolute atomic E-state index is 0.00326. The van der Waals surface area contributed by atoms with Crippen LogP contribution in [0.15, 0.2) is 53.1 Å². The lowest BCUT2D eigenvalue weighted by Gasteiger charge is -2.36. The maximum absolute atomic E-state index is 12.5. The van der Waals surface area contributed by atoms with Crippen LogP contribution in [-0.2, 0) is 11.8 Å². The van der Waals surface area contributed by atoms with E-state index < -0.39 is 0 Å². The number of fused-ring (bicyclic) bond motifs is 1. The zero-order chi connectivity index (χ0) is 18.8. The molecule has 1 saturated heterocycles. The summed E-state index contributed by atoms with van der Waals surface area (Å²) in [5.74, 6) is -0.339. The summed E-state index contributed by atoms with van der Waals surface area (Å²) in [7, 11) is 1.80. The predicted molar refractivity (Wildman–Crippen MR) is 103 cm³/mol. The smallest absolute Gasteiger partial charge is 0.268 e. The van der Waals surface area contributed by atoms with Crippen molar-refractivity contribution in [3.63, 3.8) is 0 Å². The van der Waals surface area contributed by atoms with Crippen LogP contribution in [0.3, 0.4) is 0 Å². The molecular weight excluding hydrogens is 344 g/mol. The first kappa shape index (κ1) is 17.2. The molecule has 0 saturated carbocycles. The van der Waals surface area contributed by atoms with Crippen LogP contribution in [0.2, 0.25) is 0 Å². The molecule has 0 radical (unpaired) electrons. The number of carbonyl (C=O) groups is 2. The summed E-state index contributed by atoms with van der Waals surface area (Å²) < 4.78 is 7.08. The number of furan rings is 1. The Morgan fingerprint density at radius 1 is 1.07 bits per heavy atom. The molecule has 0 atom stereocenters. The lowest BCUT2D eigenvalue weighted by molar-refractivity contribution is -0.130. The molecule has 1 aliphatic heterocycles. The van der Waals surface area contributed by atoms with Crippen molar-refractivity contribution in [2.45, 2.75) is 0 Å². The van der Waals surface area contributed by atoms with Gasteiger partial charge in [-0.05, 0) is 12.1 Å². The number of benzene rings is 1. The first-order valence-electron chi connectivity index (χ1n) is 9.02. The largest absolute Gasteiger partial charge is 0.463 e. The van der Waals surface area contributed by atoms with Gasteiger partial charge in [-0.1, -0.05) is 18.2 Å². The molecule has 3 heterocycles. The fraction of sp³-hybridized carbons (Fsp3) is 0.300. The van der Waals surface area contributed by atoms with E-state index in [1.165, 1.54) is 5.69 Å². The first-order chi connectivity index (χ1) is 13.1. The summed E-state index contributed by atoms with van der Waals surface area (Å²) in [6, 6.07) is 13.7. The number of hydrogen-bond acceptors (Lipinski definition) is 4. The standard InChI is InChI=1S/C20H22N4O3/c1-22-16-7-12-27-18(16)13-17(22)20(26)21-14-19(25)24-10-8-23(9-11-24)15-5-3-2-4-6-15/h2-7,12-13H,8-11,14H2,1H3,(H,21,26). The molecule has 140 valence electrons. The summed E-state index contributed by atoms with van der Waals surface area (Å²) >= 11 is 0. The average Bonchev–Trinajstić information content (AvgIpc) is 3.30. The molecule has 27 heavy (non-hydrogen) atoms. The fourth-order valence-electron chi connectivity index (χ4n) is 3.48. The first-order valence-corrected chi connectivity index (χ1v) is 9.02. The number of nitrogens with one attached hydrogen (secondary N) is 1. The van der Waals surface area contributed by atoms with Gasteiger partial charge in [0, 0.05) is 51.0 Å². The molecule has 0 unspecified atom stereocenters. The number of aromatic nitrogens is 1. The number of piperazine rings is 1. The highest BCUT2D eigenvalue weighted by atomic mass is 16.3. The Morgan fingerprint density at radius 3 is 2.52 bits per heavy atom. The highest BCUT2D eigenvalue weighted by Crippen LogP contribution is 2.19. The molecule has 0 aliphatic carbocycles. The molecule has 7 nitrogen and oxygen atoms in total. The van der Waals surface area contributed by atoms with Crippen LogP contribution in [0.25, 0.3) is 11.1 Å². The van der Waals surface area contributed by atoms with Crippen LogP contribution in [0.5, 0.6) is 0 Å². The third-order valence-corrected chi connectivity index (χ3v) is 5.05. The number of carbonyl (C=O) groups excluding carboxylic acids is 2. The van der Waals surface area contributed by atoms with Gasteiger partial charge in [0.15, 0.2) is 5.58 Å². The van der Waals surface area contributed by atoms with Gasteiger partial charge in [0.05, 0.1) is 18.3 Å². The number of aryl methyl sites for hydroxylation is 1. The lowest BCUT2D eigenvalue weighted by atomic mass is 10.2. The topological polar surface area (TPSA) is 70.7 Å². The normalized spacial score (nSPS) is 14.6. The van der Waals surface area contributed by atoms with E-state index >= 15 is 0 Å². The zero-order valence-corrected chi connectivity index (χ0v) is 15.2. The third kappa shape index (κ3) is 3.40. The van der Waals surface area contributed by atoms with Gasteiger partial charge >= 0.3 is 0 Å². The minimum atomic E-state index is -0.278. The van der Waals surface area contributed by atoms with E-state index in [2.05, 4.69) is 22.3 Å². The number of hydrogen-bond donors (Lipinski definition) is 1. The van der Waals surface area contributed by atoms with E-state index in [1.54, 1.807) is 28.8 Å². The summed E-state index contributed by atoms with van der Waals surface area (Å²) in [6.45, 7) is 2.88. The maximum Gasteiger partial charge on any atom is 0.268 e. The van der Waals surface area contributed by atoms with Gasteiger partial charge in [-0.15, -0.1) is 0 Å². The van der Waals surface area contributed by atoms with E-state index in [0.29, 0.717) is 24.4 Å². The molecule has 7 heteroatoms. The summed E-state index contributed by atoms with van der Waals surface area (Å²) in [4.78, 5) is 28.9. The molecule has 1 aliphatic rings. The van der Waals surface area contributed by atoms with Crippen molar-refractivity contribution in [2.24, 2.45) is 7.05 Å². The number of amides is 2. The number of para-hydroxylation sites is 1. The summed E-state index contributed by atoms with van der Waals surface area (Å²) in [6.07, 6.45) is 1.59. The second kappa shape index (κ2) is 7.19. The van der Waals surface area contributed by atoms with E-state index in [4.69, 9.17) is 4.42 Å². The Balaban J connectivity index is 1.30. The second-order valence-electron chi connectivity index (χ2n) is 6.64. The van der Waals surface area contributed by atoms with Gasteiger partial charge in [0.2, 0.25) is 5.91 Å². The predicted octanol–water partition coefficient (Wildman–Crippen LogP) is 1.85. The maximum atomic E-state index is 12.5. The molecule has 0 spiro atoms. The minimum Gasteiger partial charge on any atom is -0.463 e. The van der Waals surface area contributed by atoms with Gasteiger partial charge in [0.1, 0.15) is 5.69 Å². The van der Waals surface area contributed by atoms with Crippen LogP contribution < -0.4 is 10.2 Å². The van der Waals surface area contributed by atoms with E-state index in [9.17, 15) is 9.59 Å². The fourth-order valence-corrected chi connectivity index (χ4v) is 3.48. The summed E-state index contributed by atoms with van der Waals surface area (Å²) in [5.41, 5.74) is 3.16. The van der Waals surface area contributed by atoms with Crippen molar-refractivity contribution < 1.29 is 14.0 Å². The highest BCUT2D eigenvalue weighted by molar-refractivity contribution is 5.99. The van der Waals surface area contributed by atoms with Crippen LogP contribution in [0, 0.1) is 0 Å². The molecule has 1 fully saturated rings. The summed E-state index contributed by atoms with van der Waals surface area (Å²) in [5, 5.41) is 2.72. The Hall–Kier alpha value is -3.22. The molecule has 0 bridgehead atoms. The van der Waals surface area contributed by atoms with Crippen molar-refractivity contribution >= 4 is 28.6 Å². The van der Waals surface area contributed by atoms with E-state index in [-0.39, 0.29) is 18.4 Å². The highest BCUT2D eigenvalue weighted by Gasteiger charge is 2.22. The van der Waals surface area contributed by atoms with Gasteiger partial charge in [-0.25, -0.2) is 0 Å². The van der Waals surface area contributed by atoms with E-state index in [0.717, 1.165) is 18.6 Å². The number of rotatable bonds is 4. The molecule has 2 aromatic heterocycles. The number of nitrogens with zero attached hydrogens (tertiary/aromatic N) is 3. The molecule has 3 aromatic rings. The van der Waals surface area contributed by atoms with Crippen LogP contribution >= 0.6 is 0 Å². The van der Waals surface area contributed by atoms with Crippen LogP contribution in [0.1, 0.15) is 10.5 Å². The van der Waals surface area contributed by atoms with Gasteiger partial charge in [-0.3, -0.25) is 9.59 Å². The Kier molecular flexibility index (Phi) is 4.58. The second-order valence-corrected chi connectivity index (χ2v) is 6.64. The van der Waals surface area contributed by atoms with E-state index in [1.807, 2.05) is 24.3 Å². The average molecular weight is 366 g/mol. The quantitative estimate of drug-likeness (QED) is 0.765. The van der Waals surface area contributed by atoms with Crippen LogP contribution in [0.4, 0.5) is 5.69 Å². The van der Waals surface area contributed by atoms with Crippen molar-refractivity contribution in [1.29, 1.82) is 0 Å². The van der Waals surface area contributed by atoms with Crippen molar-refractivity contribution in [2.75, 3.05) is 37.6 Å². The SMILES string of the molecule is Cn1c(C(=O)NCC(=O)N2CCN(c3ccccc3)CC2)cc2occc21. The van der Waals surface area contributed by atoms with Gasteiger partial charge in [-0.2, -0.15) is 0 Å². The molecule has 1 aromatic carbocycles. The number of anilines is 1. The van der Waals surface area contributed by atoms with Crippen molar-refractivity contribution in [3.8, 4) is 0 Å². The van der Waals surface area contributed by atoms with Gasteiger partial charge in [0.25, 0.3) is 5.91 Å². The molecule has 1 N–H and O–H groups in total. The van der Waals surface area contributed by atoms with Crippen LogP contribution in [-0.4, -0.2) is 54.0 Å². The van der Waals surface area contributed by atoms with Crippen molar-refractivity contribution in [1.82, 2.24) is 14.8 Å². The third-order valence-electron chi connectivity index (χ3n) is 5.05. The van der Waals surface area contributed by atoms with Crippen molar-refractivity contribution in [3.05, 3.63) is 54.4 Å².